The topological polar surface area (TPSA) is 17.1 Å². The molecule has 0 aliphatic rings. The Balaban J connectivity index is 2.05. The molecule has 0 aromatic carbocycles. The third-order valence-corrected chi connectivity index (χ3v) is 9.46. The van der Waals surface area contributed by atoms with Gasteiger partial charge in [0.1, 0.15) is 5.78 Å². The maximum Gasteiger partial charge on any atom is 0.143 e. The highest BCUT2D eigenvalue weighted by atomic mass is 79.9. The van der Waals surface area contributed by atoms with Gasteiger partial charge in [-0.2, -0.15) is 0 Å². The number of halogens is 4. The van der Waals surface area contributed by atoms with Gasteiger partial charge in [-0.25, -0.2) is 0 Å². The third kappa shape index (κ3) is 3.55. The van der Waals surface area contributed by atoms with Crippen molar-refractivity contribution in [2.45, 2.75) is 12.8 Å². The Bertz CT molecular complexity index is 538. The van der Waals surface area contributed by atoms with Crippen LogP contribution in [0.2, 0.25) is 0 Å². The number of hydrogen-bond acceptors (Lipinski definition) is 3. The number of thiophene rings is 2. The normalized spacial score (nSPS) is 10.9. The Labute approximate surface area is 146 Å². The van der Waals surface area contributed by atoms with Crippen LogP contribution < -0.4 is 0 Å². The standard InChI is InChI=1S/C11H6Br4OS2/c12-6-3-17-8(10(6)14)1-5(16)2-9-11(15)7(13)4-18-9/h3-4H,1-2H2. The molecule has 7 heteroatoms. The summed E-state index contributed by atoms with van der Waals surface area (Å²) in [6, 6.07) is 0. The Morgan fingerprint density at radius 3 is 1.56 bits per heavy atom. The average Bonchev–Trinajstić information content (AvgIpc) is 2.80. The molecule has 0 saturated carbocycles. The highest BCUT2D eigenvalue weighted by molar-refractivity contribution is 9.13. The van der Waals surface area contributed by atoms with Gasteiger partial charge in [0.15, 0.2) is 0 Å². The molecule has 0 saturated heterocycles. The van der Waals surface area contributed by atoms with E-state index in [1.807, 2.05) is 10.8 Å². The minimum absolute atomic E-state index is 0.222. The Morgan fingerprint density at radius 2 is 1.28 bits per heavy atom. The van der Waals surface area contributed by atoms with Gasteiger partial charge in [0, 0.05) is 51.2 Å². The SMILES string of the molecule is O=C(Cc1scc(Br)c1Br)Cc1scc(Br)c1Br. The highest BCUT2D eigenvalue weighted by Crippen LogP contribution is 2.35. The van der Waals surface area contributed by atoms with E-state index in [9.17, 15) is 4.79 Å². The molecule has 1 nitrogen and oxygen atoms in total. The van der Waals surface area contributed by atoms with Crippen molar-refractivity contribution in [3.63, 3.8) is 0 Å². The monoisotopic (exact) mass is 534 g/mol. The summed E-state index contributed by atoms with van der Waals surface area (Å²) in [6.07, 6.45) is 0.942. The molecule has 0 aliphatic carbocycles. The smallest absolute Gasteiger partial charge is 0.143 e. The van der Waals surface area contributed by atoms with Crippen molar-refractivity contribution >= 4 is 92.2 Å². The fourth-order valence-corrected chi connectivity index (χ4v) is 5.70. The molecule has 0 bridgehead atoms. The summed E-state index contributed by atoms with van der Waals surface area (Å²) in [5.74, 6) is 0.222. The van der Waals surface area contributed by atoms with Crippen molar-refractivity contribution in [3.8, 4) is 0 Å². The van der Waals surface area contributed by atoms with Crippen LogP contribution in [0.25, 0.3) is 0 Å². The molecule has 0 spiro atoms. The van der Waals surface area contributed by atoms with Crippen LogP contribution in [0.4, 0.5) is 0 Å². The first-order valence-corrected chi connectivity index (χ1v) is 9.76. The second-order valence-electron chi connectivity index (χ2n) is 3.53. The predicted octanol–water partition coefficient (Wildman–Crippen LogP) is 6.21. The van der Waals surface area contributed by atoms with Gasteiger partial charge in [-0.05, 0) is 63.7 Å². The van der Waals surface area contributed by atoms with Crippen LogP contribution in [0.1, 0.15) is 9.75 Å². The second kappa shape index (κ2) is 6.63. The van der Waals surface area contributed by atoms with Gasteiger partial charge in [0.25, 0.3) is 0 Å². The first kappa shape index (κ1) is 15.4. The van der Waals surface area contributed by atoms with Crippen molar-refractivity contribution in [1.82, 2.24) is 0 Å². The summed E-state index contributed by atoms with van der Waals surface area (Å²) in [4.78, 5) is 14.2. The van der Waals surface area contributed by atoms with Gasteiger partial charge in [-0.15, -0.1) is 22.7 Å². The molecule has 0 fully saturated rings. The number of rotatable bonds is 4. The minimum Gasteiger partial charge on any atom is -0.299 e. The summed E-state index contributed by atoms with van der Waals surface area (Å²) >= 11 is 17.0. The van der Waals surface area contributed by atoms with Crippen LogP contribution in [-0.2, 0) is 17.6 Å². The van der Waals surface area contributed by atoms with Gasteiger partial charge in [-0.1, -0.05) is 0 Å². The summed E-state index contributed by atoms with van der Waals surface area (Å²) in [5, 5.41) is 3.98. The number of carbonyl (C=O) groups is 1. The van der Waals surface area contributed by atoms with Crippen molar-refractivity contribution in [2.24, 2.45) is 0 Å². The molecule has 2 rings (SSSR count). The van der Waals surface area contributed by atoms with E-state index in [0.717, 1.165) is 27.6 Å². The molecular weight excluding hydrogens is 532 g/mol. The molecule has 0 amide bonds. The van der Waals surface area contributed by atoms with Gasteiger partial charge in [0.05, 0.1) is 0 Å². The predicted molar refractivity (Wildman–Crippen MR) is 91.9 cm³/mol. The first-order chi connectivity index (χ1) is 8.49. The lowest BCUT2D eigenvalue weighted by atomic mass is 10.2. The van der Waals surface area contributed by atoms with E-state index in [1.165, 1.54) is 0 Å². The lowest BCUT2D eigenvalue weighted by Gasteiger charge is -1.99. The highest BCUT2D eigenvalue weighted by Gasteiger charge is 2.15. The quantitative estimate of drug-likeness (QED) is 0.453. The van der Waals surface area contributed by atoms with E-state index in [4.69, 9.17) is 0 Å². The van der Waals surface area contributed by atoms with E-state index in [1.54, 1.807) is 22.7 Å². The van der Waals surface area contributed by atoms with Crippen LogP contribution in [-0.4, -0.2) is 5.78 Å². The minimum atomic E-state index is 0.222. The number of ketones is 1. The van der Waals surface area contributed by atoms with Crippen molar-refractivity contribution in [3.05, 3.63) is 38.4 Å². The second-order valence-corrected chi connectivity index (χ2v) is 8.76. The molecular formula is C11H6Br4OS2. The maximum atomic E-state index is 12.0. The number of carbonyl (C=O) groups excluding carboxylic acids is 1. The van der Waals surface area contributed by atoms with E-state index in [2.05, 4.69) is 63.7 Å². The largest absolute Gasteiger partial charge is 0.299 e. The zero-order valence-electron chi connectivity index (χ0n) is 8.81. The van der Waals surface area contributed by atoms with E-state index in [0.29, 0.717) is 12.8 Å². The average molecular weight is 538 g/mol. The van der Waals surface area contributed by atoms with Gasteiger partial charge >= 0.3 is 0 Å². The lowest BCUT2D eigenvalue weighted by Crippen LogP contribution is -2.05. The molecule has 0 unspecified atom stereocenters. The van der Waals surface area contributed by atoms with Crippen molar-refractivity contribution in [1.29, 1.82) is 0 Å². The maximum absolute atomic E-state index is 12.0. The molecule has 2 aromatic rings. The van der Waals surface area contributed by atoms with E-state index < -0.39 is 0 Å². The van der Waals surface area contributed by atoms with Crippen molar-refractivity contribution < 1.29 is 4.79 Å². The van der Waals surface area contributed by atoms with Gasteiger partial charge in [0.2, 0.25) is 0 Å². The van der Waals surface area contributed by atoms with Crippen LogP contribution in [0.3, 0.4) is 0 Å². The molecule has 0 radical (unpaired) electrons. The molecule has 18 heavy (non-hydrogen) atoms. The molecule has 2 heterocycles. The summed E-state index contributed by atoms with van der Waals surface area (Å²) < 4.78 is 4.00. The molecule has 2 aromatic heterocycles. The number of Topliss-reactive ketones (excluding diaryl/α,β-unsaturated/α-hetero) is 1. The first-order valence-electron chi connectivity index (χ1n) is 4.83. The zero-order valence-corrected chi connectivity index (χ0v) is 16.8. The van der Waals surface area contributed by atoms with E-state index >= 15 is 0 Å². The Kier molecular flexibility index (Phi) is 5.66. The third-order valence-electron chi connectivity index (χ3n) is 2.23. The van der Waals surface area contributed by atoms with Crippen LogP contribution in [0, 0.1) is 0 Å². The Morgan fingerprint density at radius 1 is 0.889 bits per heavy atom. The van der Waals surface area contributed by atoms with E-state index in [-0.39, 0.29) is 5.78 Å². The van der Waals surface area contributed by atoms with Crippen LogP contribution in [0.15, 0.2) is 28.7 Å². The molecule has 96 valence electrons. The molecule has 0 N–H and O–H groups in total. The summed E-state index contributed by atoms with van der Waals surface area (Å²) in [7, 11) is 0. The summed E-state index contributed by atoms with van der Waals surface area (Å²) in [6.45, 7) is 0. The van der Waals surface area contributed by atoms with Crippen LogP contribution in [0.5, 0.6) is 0 Å². The zero-order chi connectivity index (χ0) is 13.3. The van der Waals surface area contributed by atoms with Gasteiger partial charge < -0.3 is 0 Å². The fraction of sp³-hybridized carbons (Fsp3) is 0.182. The molecule has 0 aliphatic heterocycles. The summed E-state index contributed by atoms with van der Waals surface area (Å²) in [5.41, 5.74) is 0. The lowest BCUT2D eigenvalue weighted by molar-refractivity contribution is -0.117. The fourth-order valence-electron chi connectivity index (χ4n) is 1.38. The molecule has 0 atom stereocenters. The number of hydrogen-bond donors (Lipinski definition) is 0. The van der Waals surface area contributed by atoms with Crippen molar-refractivity contribution in [2.75, 3.05) is 0 Å². The van der Waals surface area contributed by atoms with Gasteiger partial charge in [-0.3, -0.25) is 4.79 Å². The van der Waals surface area contributed by atoms with Crippen LogP contribution >= 0.6 is 86.4 Å². The Hall–Kier alpha value is 0.990.